The number of ether oxygens (including phenoxy) is 2. The summed E-state index contributed by atoms with van der Waals surface area (Å²) in [5.74, 6) is 0.867. The molecule has 1 unspecified atom stereocenters. The molecule has 0 amide bonds. The molecule has 0 fully saturated rings. The second-order valence-electron chi connectivity index (χ2n) is 7.99. The molecule has 1 aliphatic heterocycles. The normalized spacial score (nSPS) is 20.3. The number of nitrogens with zero attached hydrogens (tertiary/aromatic N) is 1. The molecule has 3 rings (SSSR count). The summed E-state index contributed by atoms with van der Waals surface area (Å²) >= 11 is 0. The summed E-state index contributed by atoms with van der Waals surface area (Å²) < 4.78 is 37.5. The van der Waals surface area contributed by atoms with Gasteiger partial charge in [-0.3, -0.25) is 0 Å². The number of benzene rings is 2. The SMILES string of the molecule is CCCCC1(CC)CN(c2ccc(OC)cc2)c2cc(OC)c(O)cc2S(=O)(=O)C1. The first-order valence-electron chi connectivity index (χ1n) is 10.3. The Kier molecular flexibility index (Phi) is 6.50. The van der Waals surface area contributed by atoms with Crippen molar-refractivity contribution in [2.24, 2.45) is 5.41 Å². The van der Waals surface area contributed by atoms with Crippen LogP contribution in [-0.4, -0.2) is 40.0 Å². The standard InChI is InChI=1S/C23H31NO5S/c1-5-7-12-23(6-2)15-24(17-8-10-18(28-3)11-9-17)19-13-21(29-4)20(25)14-22(19)30(26,27)16-23/h8-11,13-14,25H,5-7,12,15-16H2,1-4H3. The number of rotatable bonds is 7. The zero-order chi connectivity index (χ0) is 21.9. The Morgan fingerprint density at radius 3 is 2.37 bits per heavy atom. The Labute approximate surface area is 179 Å². The van der Waals surface area contributed by atoms with Crippen LogP contribution in [-0.2, 0) is 9.84 Å². The number of unbranched alkanes of at least 4 members (excludes halogenated alkanes) is 1. The van der Waals surface area contributed by atoms with Gasteiger partial charge in [0.05, 0.1) is 30.6 Å². The van der Waals surface area contributed by atoms with E-state index >= 15 is 0 Å². The summed E-state index contributed by atoms with van der Waals surface area (Å²) in [7, 11) is -0.537. The number of fused-ring (bicyclic) bond motifs is 1. The first-order chi connectivity index (χ1) is 14.3. The van der Waals surface area contributed by atoms with Crippen LogP contribution in [0.25, 0.3) is 0 Å². The highest BCUT2D eigenvalue weighted by Crippen LogP contribution is 2.47. The molecule has 164 valence electrons. The van der Waals surface area contributed by atoms with Crippen LogP contribution in [0.15, 0.2) is 41.3 Å². The van der Waals surface area contributed by atoms with E-state index in [1.165, 1.54) is 13.2 Å². The van der Waals surface area contributed by atoms with Crippen LogP contribution in [0, 0.1) is 5.41 Å². The number of aromatic hydroxyl groups is 1. The molecule has 1 N–H and O–H groups in total. The van der Waals surface area contributed by atoms with Crippen molar-refractivity contribution in [1.29, 1.82) is 0 Å². The molecule has 0 radical (unpaired) electrons. The monoisotopic (exact) mass is 433 g/mol. The van der Waals surface area contributed by atoms with Crippen LogP contribution in [0.1, 0.15) is 39.5 Å². The maximum absolute atomic E-state index is 13.5. The Balaban J connectivity index is 2.24. The highest BCUT2D eigenvalue weighted by Gasteiger charge is 2.42. The molecule has 2 aromatic carbocycles. The summed E-state index contributed by atoms with van der Waals surface area (Å²) in [6, 6.07) is 10.5. The maximum Gasteiger partial charge on any atom is 0.181 e. The van der Waals surface area contributed by atoms with Crippen LogP contribution < -0.4 is 14.4 Å². The van der Waals surface area contributed by atoms with E-state index in [1.807, 2.05) is 29.2 Å². The van der Waals surface area contributed by atoms with Gasteiger partial charge in [-0.2, -0.15) is 0 Å². The fourth-order valence-corrected chi connectivity index (χ4v) is 6.38. The fourth-order valence-electron chi connectivity index (χ4n) is 4.20. The highest BCUT2D eigenvalue weighted by atomic mass is 32.2. The number of hydrogen-bond acceptors (Lipinski definition) is 6. The molecule has 30 heavy (non-hydrogen) atoms. The lowest BCUT2D eigenvalue weighted by Crippen LogP contribution is -2.37. The molecule has 0 aliphatic carbocycles. The topological polar surface area (TPSA) is 76.1 Å². The summed E-state index contributed by atoms with van der Waals surface area (Å²) in [6.07, 6.45) is 3.54. The van der Waals surface area contributed by atoms with E-state index in [2.05, 4.69) is 13.8 Å². The quantitative estimate of drug-likeness (QED) is 0.668. The third-order valence-corrected chi connectivity index (χ3v) is 8.06. The second-order valence-corrected chi connectivity index (χ2v) is 9.95. The minimum atomic E-state index is -3.61. The van der Waals surface area contributed by atoms with Crippen molar-refractivity contribution in [3.05, 3.63) is 36.4 Å². The molecule has 0 bridgehead atoms. The molecule has 1 aliphatic rings. The van der Waals surface area contributed by atoms with Gasteiger partial charge in [0.1, 0.15) is 5.75 Å². The van der Waals surface area contributed by atoms with Crippen molar-refractivity contribution in [2.75, 3.05) is 31.4 Å². The summed E-state index contributed by atoms with van der Waals surface area (Å²) in [6.45, 7) is 4.74. The van der Waals surface area contributed by atoms with Crippen LogP contribution in [0.4, 0.5) is 11.4 Å². The predicted molar refractivity (Wildman–Crippen MR) is 119 cm³/mol. The second kappa shape index (κ2) is 8.76. The zero-order valence-corrected chi connectivity index (χ0v) is 19.0. The van der Waals surface area contributed by atoms with E-state index in [0.29, 0.717) is 12.2 Å². The molecule has 6 nitrogen and oxygen atoms in total. The van der Waals surface area contributed by atoms with Crippen LogP contribution in [0.5, 0.6) is 17.2 Å². The highest BCUT2D eigenvalue weighted by molar-refractivity contribution is 7.91. The third-order valence-electron chi connectivity index (χ3n) is 6.07. The molecule has 0 saturated heterocycles. The molecular weight excluding hydrogens is 402 g/mol. The molecule has 7 heteroatoms. The summed E-state index contributed by atoms with van der Waals surface area (Å²) in [5.41, 5.74) is 1.01. The van der Waals surface area contributed by atoms with E-state index in [1.54, 1.807) is 13.2 Å². The maximum atomic E-state index is 13.5. The molecule has 0 saturated carbocycles. The van der Waals surface area contributed by atoms with Crippen LogP contribution in [0.2, 0.25) is 0 Å². The molecule has 2 aromatic rings. The Morgan fingerprint density at radius 2 is 1.80 bits per heavy atom. The summed E-state index contributed by atoms with van der Waals surface area (Å²) in [5, 5.41) is 10.3. The molecule has 1 atom stereocenters. The van der Waals surface area contributed by atoms with E-state index in [9.17, 15) is 13.5 Å². The van der Waals surface area contributed by atoms with Crippen molar-refractivity contribution in [3.8, 4) is 17.2 Å². The molecule has 0 aromatic heterocycles. The van der Waals surface area contributed by atoms with Gasteiger partial charge in [0.15, 0.2) is 21.3 Å². The van der Waals surface area contributed by atoms with Crippen molar-refractivity contribution in [3.63, 3.8) is 0 Å². The number of sulfone groups is 1. The number of anilines is 2. The van der Waals surface area contributed by atoms with E-state index in [0.717, 1.165) is 37.1 Å². The number of phenolic OH excluding ortho intramolecular Hbond substituents is 1. The van der Waals surface area contributed by atoms with Gasteiger partial charge in [0.25, 0.3) is 0 Å². The zero-order valence-electron chi connectivity index (χ0n) is 18.1. The molecule has 1 heterocycles. The Morgan fingerprint density at radius 1 is 1.10 bits per heavy atom. The minimum Gasteiger partial charge on any atom is -0.504 e. The number of methoxy groups -OCH3 is 2. The van der Waals surface area contributed by atoms with Gasteiger partial charge in [-0.05, 0) is 37.1 Å². The van der Waals surface area contributed by atoms with Gasteiger partial charge >= 0.3 is 0 Å². The number of hydrogen-bond donors (Lipinski definition) is 1. The van der Waals surface area contributed by atoms with Crippen molar-refractivity contribution in [2.45, 2.75) is 44.4 Å². The molecular formula is C23H31NO5S. The third kappa shape index (κ3) is 4.21. The van der Waals surface area contributed by atoms with E-state index in [4.69, 9.17) is 9.47 Å². The van der Waals surface area contributed by atoms with Gasteiger partial charge < -0.3 is 19.5 Å². The lowest BCUT2D eigenvalue weighted by molar-refractivity contribution is 0.290. The first-order valence-corrected chi connectivity index (χ1v) is 12.0. The van der Waals surface area contributed by atoms with Crippen LogP contribution in [0.3, 0.4) is 0 Å². The smallest absolute Gasteiger partial charge is 0.181 e. The lowest BCUT2D eigenvalue weighted by atomic mass is 9.81. The largest absolute Gasteiger partial charge is 0.504 e. The van der Waals surface area contributed by atoms with Gasteiger partial charge in [0.2, 0.25) is 0 Å². The van der Waals surface area contributed by atoms with Crippen molar-refractivity contribution in [1.82, 2.24) is 0 Å². The van der Waals surface area contributed by atoms with Crippen LogP contribution >= 0.6 is 0 Å². The van der Waals surface area contributed by atoms with Gasteiger partial charge in [-0.25, -0.2) is 8.42 Å². The van der Waals surface area contributed by atoms with Gasteiger partial charge in [-0.1, -0.05) is 26.7 Å². The van der Waals surface area contributed by atoms with Crippen molar-refractivity contribution < 1.29 is 23.0 Å². The minimum absolute atomic E-state index is 0.0575. The fraction of sp³-hybridized carbons (Fsp3) is 0.478. The number of phenols is 1. The molecule has 0 spiro atoms. The summed E-state index contributed by atoms with van der Waals surface area (Å²) in [4.78, 5) is 2.18. The van der Waals surface area contributed by atoms with Crippen molar-refractivity contribution >= 4 is 21.2 Å². The first kappa shape index (κ1) is 22.3. The average molecular weight is 434 g/mol. The lowest BCUT2D eigenvalue weighted by Gasteiger charge is -2.36. The predicted octanol–water partition coefficient (Wildman–Crippen LogP) is 4.92. The van der Waals surface area contributed by atoms with Gasteiger partial charge in [-0.15, -0.1) is 0 Å². The Hall–Kier alpha value is -2.41. The average Bonchev–Trinajstić information content (AvgIpc) is 2.84. The Bertz CT molecular complexity index is 987. The van der Waals surface area contributed by atoms with Gasteiger partial charge in [0, 0.05) is 29.8 Å². The van der Waals surface area contributed by atoms with E-state index in [-0.39, 0.29) is 22.1 Å². The van der Waals surface area contributed by atoms with E-state index < -0.39 is 15.3 Å².